The van der Waals surface area contributed by atoms with Crippen molar-refractivity contribution in [2.45, 2.75) is 44.6 Å². The van der Waals surface area contributed by atoms with Crippen LogP contribution in [0.15, 0.2) is 57.9 Å². The predicted molar refractivity (Wildman–Crippen MR) is 116 cm³/mol. The van der Waals surface area contributed by atoms with E-state index in [2.05, 4.69) is 21.2 Å². The Hall–Kier alpha value is -1.70. The van der Waals surface area contributed by atoms with Gasteiger partial charge in [-0.2, -0.15) is 4.31 Å². The van der Waals surface area contributed by atoms with Crippen molar-refractivity contribution in [1.82, 2.24) is 9.62 Å². The molecule has 0 aliphatic rings. The normalized spacial score (nSPS) is 12.8. The highest BCUT2D eigenvalue weighted by Gasteiger charge is 2.21. The maximum Gasteiger partial charge on any atom is 0.243 e. The molecular weight excluding hydrogens is 440 g/mol. The Kier molecular flexibility index (Phi) is 8.22. The van der Waals surface area contributed by atoms with Crippen molar-refractivity contribution in [2.24, 2.45) is 0 Å². The molecule has 0 unspecified atom stereocenters. The van der Waals surface area contributed by atoms with E-state index in [9.17, 15) is 13.2 Å². The fourth-order valence-electron chi connectivity index (χ4n) is 2.97. The average Bonchev–Trinajstić information content (AvgIpc) is 2.67. The van der Waals surface area contributed by atoms with E-state index in [1.165, 1.54) is 4.31 Å². The van der Waals surface area contributed by atoms with Crippen molar-refractivity contribution in [1.29, 1.82) is 0 Å². The summed E-state index contributed by atoms with van der Waals surface area (Å²) >= 11 is 3.44. The lowest BCUT2D eigenvalue weighted by Gasteiger charge is -2.18. The first-order valence-corrected chi connectivity index (χ1v) is 11.6. The van der Waals surface area contributed by atoms with Gasteiger partial charge in [0.25, 0.3) is 0 Å². The van der Waals surface area contributed by atoms with Crippen LogP contribution in [0.25, 0.3) is 0 Å². The summed E-state index contributed by atoms with van der Waals surface area (Å²) in [6.45, 7) is 6.48. The van der Waals surface area contributed by atoms with Crippen LogP contribution < -0.4 is 5.32 Å². The third kappa shape index (κ3) is 5.90. The summed E-state index contributed by atoms with van der Waals surface area (Å²) in [7, 11) is -3.45. The number of hydrogen-bond donors (Lipinski definition) is 1. The predicted octanol–water partition coefficient (Wildman–Crippen LogP) is 4.29. The quantitative estimate of drug-likeness (QED) is 0.599. The molecule has 0 spiro atoms. The Morgan fingerprint density at radius 1 is 1.11 bits per heavy atom. The van der Waals surface area contributed by atoms with Crippen LogP contribution in [0.5, 0.6) is 0 Å². The number of nitrogens with zero attached hydrogens (tertiary/aromatic N) is 1. The van der Waals surface area contributed by atoms with Crippen LogP contribution >= 0.6 is 15.9 Å². The molecule has 2 rings (SSSR count). The van der Waals surface area contributed by atoms with Crippen LogP contribution in [0.2, 0.25) is 0 Å². The van der Waals surface area contributed by atoms with Gasteiger partial charge in [-0.05, 0) is 48.7 Å². The standard InChI is InChI=1S/C21H27BrN2O3S/c1-4-24(5-2)28(26,27)20-12-9-17(10-13-20)11-14-21(25)23-16(3)18-7-6-8-19(22)15-18/h6-10,12-13,15-16H,4-5,11,14H2,1-3H3,(H,23,25)/t16-/m0/s1. The van der Waals surface area contributed by atoms with Gasteiger partial charge < -0.3 is 5.32 Å². The number of benzene rings is 2. The zero-order valence-electron chi connectivity index (χ0n) is 16.5. The number of aryl methyl sites for hydroxylation is 1. The first-order chi connectivity index (χ1) is 13.3. The summed E-state index contributed by atoms with van der Waals surface area (Å²) in [6.07, 6.45) is 0.906. The molecule has 1 amide bonds. The maximum absolute atomic E-state index is 12.5. The van der Waals surface area contributed by atoms with E-state index < -0.39 is 10.0 Å². The summed E-state index contributed by atoms with van der Waals surface area (Å²) in [5, 5.41) is 3.00. The molecule has 0 aliphatic carbocycles. The first-order valence-electron chi connectivity index (χ1n) is 9.41. The largest absolute Gasteiger partial charge is 0.350 e. The third-order valence-electron chi connectivity index (χ3n) is 4.63. The Bertz CT molecular complexity index is 894. The average molecular weight is 467 g/mol. The van der Waals surface area contributed by atoms with Gasteiger partial charge in [-0.15, -0.1) is 0 Å². The van der Waals surface area contributed by atoms with Crippen LogP contribution in [0.3, 0.4) is 0 Å². The van der Waals surface area contributed by atoms with Gasteiger partial charge in [-0.1, -0.05) is 54.0 Å². The molecule has 0 saturated heterocycles. The van der Waals surface area contributed by atoms with Crippen molar-refractivity contribution in [3.63, 3.8) is 0 Å². The number of carbonyl (C=O) groups is 1. The third-order valence-corrected chi connectivity index (χ3v) is 7.19. The van der Waals surface area contributed by atoms with E-state index in [1.54, 1.807) is 24.3 Å². The van der Waals surface area contributed by atoms with Crippen LogP contribution in [-0.4, -0.2) is 31.7 Å². The van der Waals surface area contributed by atoms with Crippen molar-refractivity contribution in [3.05, 3.63) is 64.1 Å². The topological polar surface area (TPSA) is 66.5 Å². The van der Waals surface area contributed by atoms with Gasteiger partial charge in [0.2, 0.25) is 15.9 Å². The van der Waals surface area contributed by atoms with E-state index in [0.29, 0.717) is 25.9 Å². The molecule has 0 bridgehead atoms. The lowest BCUT2D eigenvalue weighted by atomic mass is 10.1. The second kappa shape index (κ2) is 10.2. The second-order valence-electron chi connectivity index (χ2n) is 6.58. The number of hydrogen-bond acceptors (Lipinski definition) is 3. The number of amides is 1. The van der Waals surface area contributed by atoms with E-state index in [0.717, 1.165) is 15.6 Å². The summed E-state index contributed by atoms with van der Waals surface area (Å²) in [5.74, 6) is -0.0349. The Morgan fingerprint density at radius 2 is 1.75 bits per heavy atom. The SMILES string of the molecule is CCN(CC)S(=O)(=O)c1ccc(CCC(=O)N[C@@H](C)c2cccc(Br)c2)cc1. The van der Waals surface area contributed by atoms with Gasteiger partial charge in [0, 0.05) is 24.0 Å². The zero-order valence-corrected chi connectivity index (χ0v) is 18.9. The highest BCUT2D eigenvalue weighted by atomic mass is 79.9. The van der Waals surface area contributed by atoms with Gasteiger partial charge in [-0.3, -0.25) is 4.79 Å². The molecule has 2 aromatic carbocycles. The maximum atomic E-state index is 12.5. The molecule has 5 nitrogen and oxygen atoms in total. The van der Waals surface area contributed by atoms with Crippen molar-refractivity contribution >= 4 is 31.9 Å². The van der Waals surface area contributed by atoms with Gasteiger partial charge in [0.05, 0.1) is 10.9 Å². The molecular formula is C21H27BrN2O3S. The van der Waals surface area contributed by atoms with Crippen molar-refractivity contribution in [2.75, 3.05) is 13.1 Å². The molecule has 0 saturated carbocycles. The van der Waals surface area contributed by atoms with Crippen LogP contribution in [0.1, 0.15) is 44.4 Å². The molecule has 0 heterocycles. The van der Waals surface area contributed by atoms with Gasteiger partial charge in [0.15, 0.2) is 0 Å². The van der Waals surface area contributed by atoms with Crippen LogP contribution in [0.4, 0.5) is 0 Å². The minimum absolute atomic E-state index is 0.0349. The van der Waals surface area contributed by atoms with Gasteiger partial charge in [0.1, 0.15) is 0 Å². The molecule has 0 fully saturated rings. The summed E-state index contributed by atoms with van der Waals surface area (Å²) in [6, 6.07) is 14.6. The lowest BCUT2D eigenvalue weighted by molar-refractivity contribution is -0.121. The number of rotatable bonds is 9. The van der Waals surface area contributed by atoms with E-state index in [-0.39, 0.29) is 16.8 Å². The molecule has 28 heavy (non-hydrogen) atoms. The Morgan fingerprint density at radius 3 is 2.32 bits per heavy atom. The molecule has 152 valence electrons. The molecule has 0 aliphatic heterocycles. The molecule has 1 N–H and O–H groups in total. The fourth-order valence-corrected chi connectivity index (χ4v) is 4.85. The van der Waals surface area contributed by atoms with Crippen LogP contribution in [0, 0.1) is 0 Å². The molecule has 7 heteroatoms. The molecule has 0 radical (unpaired) electrons. The van der Waals surface area contributed by atoms with E-state index >= 15 is 0 Å². The fraction of sp³-hybridized carbons (Fsp3) is 0.381. The minimum atomic E-state index is -3.45. The Balaban J connectivity index is 1.93. The van der Waals surface area contributed by atoms with Crippen molar-refractivity contribution in [3.8, 4) is 0 Å². The van der Waals surface area contributed by atoms with E-state index in [4.69, 9.17) is 0 Å². The number of halogens is 1. The highest BCUT2D eigenvalue weighted by molar-refractivity contribution is 9.10. The zero-order chi connectivity index (χ0) is 20.7. The summed E-state index contributed by atoms with van der Waals surface area (Å²) in [5.41, 5.74) is 1.97. The van der Waals surface area contributed by atoms with Gasteiger partial charge in [-0.25, -0.2) is 8.42 Å². The first kappa shape index (κ1) is 22.6. The van der Waals surface area contributed by atoms with Gasteiger partial charge >= 0.3 is 0 Å². The molecule has 0 aromatic heterocycles. The highest BCUT2D eigenvalue weighted by Crippen LogP contribution is 2.19. The van der Waals surface area contributed by atoms with Crippen LogP contribution in [-0.2, 0) is 21.2 Å². The monoisotopic (exact) mass is 466 g/mol. The molecule has 1 atom stereocenters. The smallest absolute Gasteiger partial charge is 0.243 e. The van der Waals surface area contributed by atoms with Crippen molar-refractivity contribution < 1.29 is 13.2 Å². The Labute approximate surface area is 176 Å². The number of nitrogens with one attached hydrogen (secondary N) is 1. The summed E-state index contributed by atoms with van der Waals surface area (Å²) in [4.78, 5) is 12.5. The number of sulfonamides is 1. The number of carbonyl (C=O) groups excluding carboxylic acids is 1. The minimum Gasteiger partial charge on any atom is -0.350 e. The van der Waals surface area contributed by atoms with E-state index in [1.807, 2.05) is 45.0 Å². The lowest BCUT2D eigenvalue weighted by Crippen LogP contribution is -2.30. The second-order valence-corrected chi connectivity index (χ2v) is 9.43. The summed E-state index contributed by atoms with van der Waals surface area (Å²) < 4.78 is 27.4. The molecule has 2 aromatic rings.